The maximum Gasteiger partial charge on any atom is 0.435 e. The molecule has 10 heteroatoms. The summed E-state index contributed by atoms with van der Waals surface area (Å²) in [6, 6.07) is 19.6. The predicted molar refractivity (Wildman–Crippen MR) is 115 cm³/mol. The fraction of sp³-hybridized carbons (Fsp3) is 0.0455. The highest BCUT2D eigenvalue weighted by atomic mass is 32.2. The summed E-state index contributed by atoms with van der Waals surface area (Å²) in [5, 5.41) is 9.07. The quantitative estimate of drug-likeness (QED) is 0.441. The molecular weight excluding hydrogens is 441 g/mol. The van der Waals surface area contributed by atoms with Crippen LogP contribution in [0.15, 0.2) is 83.8 Å². The number of hydrogen-bond acceptors (Lipinski definition) is 4. The van der Waals surface area contributed by atoms with E-state index in [4.69, 9.17) is 10.9 Å². The van der Waals surface area contributed by atoms with Crippen molar-refractivity contribution >= 4 is 15.7 Å². The number of benzene rings is 3. The largest absolute Gasteiger partial charge is 0.435 e. The van der Waals surface area contributed by atoms with Gasteiger partial charge in [-0.2, -0.15) is 18.3 Å². The molecule has 0 spiro atoms. The summed E-state index contributed by atoms with van der Waals surface area (Å²) >= 11 is 0. The van der Waals surface area contributed by atoms with Gasteiger partial charge in [0.25, 0.3) is 0 Å². The highest BCUT2D eigenvalue weighted by Crippen LogP contribution is 2.43. The van der Waals surface area contributed by atoms with Crippen LogP contribution in [0.2, 0.25) is 0 Å². The zero-order valence-electron chi connectivity index (χ0n) is 16.4. The second kappa shape index (κ2) is 7.81. The van der Waals surface area contributed by atoms with E-state index in [1.807, 2.05) is 0 Å². The molecule has 32 heavy (non-hydrogen) atoms. The number of rotatable bonds is 4. The second-order valence-corrected chi connectivity index (χ2v) is 8.57. The zero-order valence-corrected chi connectivity index (χ0v) is 17.2. The van der Waals surface area contributed by atoms with Crippen molar-refractivity contribution in [3.05, 3.63) is 84.6 Å². The summed E-state index contributed by atoms with van der Waals surface area (Å²) in [4.78, 5) is -0.155. The van der Waals surface area contributed by atoms with Gasteiger partial charge >= 0.3 is 6.18 Å². The first-order valence-corrected chi connectivity index (χ1v) is 10.8. The number of halogens is 3. The number of nitrogens with two attached hydrogens (primary N) is 2. The van der Waals surface area contributed by atoms with Gasteiger partial charge in [0.05, 0.1) is 16.3 Å². The van der Waals surface area contributed by atoms with E-state index in [2.05, 4.69) is 5.10 Å². The number of sulfonamides is 1. The summed E-state index contributed by atoms with van der Waals surface area (Å²) in [5.41, 5.74) is 6.13. The van der Waals surface area contributed by atoms with Gasteiger partial charge in [-0.05, 0) is 42.0 Å². The third-order valence-electron chi connectivity index (χ3n) is 4.81. The molecule has 0 aliphatic rings. The molecule has 0 aliphatic carbocycles. The van der Waals surface area contributed by atoms with Crippen molar-refractivity contribution in [2.75, 3.05) is 5.73 Å². The van der Waals surface area contributed by atoms with E-state index >= 15 is 0 Å². The maximum atomic E-state index is 14.1. The Kier molecular flexibility index (Phi) is 5.27. The van der Waals surface area contributed by atoms with E-state index < -0.39 is 21.9 Å². The summed E-state index contributed by atoms with van der Waals surface area (Å²) < 4.78 is 66.6. The molecule has 0 fully saturated rings. The summed E-state index contributed by atoms with van der Waals surface area (Å²) in [7, 11) is -3.97. The molecule has 4 rings (SSSR count). The van der Waals surface area contributed by atoms with Gasteiger partial charge in [0, 0.05) is 16.8 Å². The first kappa shape index (κ1) is 21.6. The number of nitrogen functional groups attached to an aromatic ring is 1. The molecule has 164 valence electrons. The Morgan fingerprint density at radius 3 is 1.94 bits per heavy atom. The van der Waals surface area contributed by atoms with E-state index in [-0.39, 0.29) is 16.2 Å². The Balaban J connectivity index is 2.07. The molecule has 0 saturated heterocycles. The van der Waals surface area contributed by atoms with Crippen LogP contribution in [0, 0.1) is 0 Å². The van der Waals surface area contributed by atoms with Crippen molar-refractivity contribution in [2.45, 2.75) is 11.1 Å². The fourth-order valence-electron chi connectivity index (χ4n) is 3.37. The molecule has 0 atom stereocenters. The fourth-order valence-corrected chi connectivity index (χ4v) is 3.88. The Bertz CT molecular complexity index is 1360. The standard InChI is InChI=1S/C22H17F3N4O2S/c23-22(24,25)21-19(14-4-2-1-3-5-14)20(15-6-12-18(13-7-15)32(27,30)31)29(28-21)17-10-8-16(26)9-11-17/h1-13H,26H2,(H2,27,30,31). The van der Waals surface area contributed by atoms with Crippen LogP contribution in [0.5, 0.6) is 0 Å². The number of primary sulfonamides is 1. The third-order valence-corrected chi connectivity index (χ3v) is 5.74. The first-order valence-electron chi connectivity index (χ1n) is 9.30. The van der Waals surface area contributed by atoms with Gasteiger partial charge in [-0.15, -0.1) is 0 Å². The van der Waals surface area contributed by atoms with Crippen molar-refractivity contribution < 1.29 is 21.6 Å². The van der Waals surface area contributed by atoms with Gasteiger partial charge < -0.3 is 5.73 Å². The number of hydrogen-bond donors (Lipinski definition) is 2. The lowest BCUT2D eigenvalue weighted by molar-refractivity contribution is -0.140. The zero-order chi connectivity index (χ0) is 23.1. The minimum atomic E-state index is -4.74. The molecule has 0 amide bonds. The molecule has 1 aromatic heterocycles. The molecule has 0 unspecified atom stereocenters. The maximum absolute atomic E-state index is 14.1. The van der Waals surface area contributed by atoms with Crippen LogP contribution < -0.4 is 10.9 Å². The van der Waals surface area contributed by atoms with E-state index in [9.17, 15) is 21.6 Å². The van der Waals surface area contributed by atoms with Gasteiger partial charge in [-0.3, -0.25) is 0 Å². The minimum absolute atomic E-state index is 0.127. The molecule has 3 aromatic carbocycles. The van der Waals surface area contributed by atoms with E-state index in [0.717, 1.165) is 0 Å². The van der Waals surface area contributed by atoms with Crippen LogP contribution in [0.25, 0.3) is 28.1 Å². The Labute approximate surface area is 182 Å². The molecular formula is C22H17F3N4O2S. The molecule has 0 radical (unpaired) electrons. The Morgan fingerprint density at radius 2 is 1.41 bits per heavy atom. The summed E-state index contributed by atoms with van der Waals surface area (Å²) in [5.74, 6) is 0. The van der Waals surface area contributed by atoms with Crippen LogP contribution in [-0.2, 0) is 16.2 Å². The van der Waals surface area contributed by atoms with E-state index in [1.165, 1.54) is 28.9 Å². The second-order valence-electron chi connectivity index (χ2n) is 7.01. The Hall–Kier alpha value is -3.63. The SMILES string of the molecule is Nc1ccc(-n2nc(C(F)(F)F)c(-c3ccccc3)c2-c2ccc(S(N)(=O)=O)cc2)cc1. The molecule has 0 aliphatic heterocycles. The highest BCUT2D eigenvalue weighted by molar-refractivity contribution is 7.89. The number of alkyl halides is 3. The lowest BCUT2D eigenvalue weighted by Crippen LogP contribution is -2.11. The van der Waals surface area contributed by atoms with Crippen LogP contribution in [0.1, 0.15) is 5.69 Å². The van der Waals surface area contributed by atoms with E-state index in [1.54, 1.807) is 54.6 Å². The van der Waals surface area contributed by atoms with Gasteiger partial charge in [-0.25, -0.2) is 18.2 Å². The van der Waals surface area contributed by atoms with Crippen LogP contribution in [0.4, 0.5) is 18.9 Å². The third kappa shape index (κ3) is 4.10. The lowest BCUT2D eigenvalue weighted by Gasteiger charge is -2.12. The molecule has 0 saturated carbocycles. The van der Waals surface area contributed by atoms with Crippen molar-refractivity contribution in [2.24, 2.45) is 5.14 Å². The van der Waals surface area contributed by atoms with Gasteiger partial charge in [0.15, 0.2) is 5.69 Å². The van der Waals surface area contributed by atoms with Gasteiger partial charge in [0.1, 0.15) is 0 Å². The van der Waals surface area contributed by atoms with E-state index in [0.29, 0.717) is 22.5 Å². The minimum Gasteiger partial charge on any atom is -0.399 e. The van der Waals surface area contributed by atoms with Gasteiger partial charge in [-0.1, -0.05) is 42.5 Å². The van der Waals surface area contributed by atoms with Crippen molar-refractivity contribution in [1.29, 1.82) is 0 Å². The van der Waals surface area contributed by atoms with Crippen LogP contribution in [0.3, 0.4) is 0 Å². The number of anilines is 1. The highest BCUT2D eigenvalue weighted by Gasteiger charge is 2.40. The predicted octanol–water partition coefficient (Wildman–Crippen LogP) is 4.45. The number of nitrogens with zero attached hydrogens (tertiary/aromatic N) is 2. The lowest BCUT2D eigenvalue weighted by atomic mass is 9.98. The average molecular weight is 458 g/mol. The number of aromatic nitrogens is 2. The average Bonchev–Trinajstić information content (AvgIpc) is 3.15. The first-order chi connectivity index (χ1) is 15.1. The molecule has 1 heterocycles. The van der Waals surface area contributed by atoms with Crippen molar-refractivity contribution in [3.8, 4) is 28.1 Å². The molecule has 4 N–H and O–H groups in total. The monoisotopic (exact) mass is 458 g/mol. The Morgan fingerprint density at radius 1 is 0.812 bits per heavy atom. The molecule has 6 nitrogen and oxygen atoms in total. The summed E-state index contributed by atoms with van der Waals surface area (Å²) in [6.07, 6.45) is -4.74. The topological polar surface area (TPSA) is 104 Å². The molecule has 0 bridgehead atoms. The normalized spacial score (nSPS) is 12.1. The van der Waals surface area contributed by atoms with Crippen LogP contribution in [-0.4, -0.2) is 18.2 Å². The smallest absolute Gasteiger partial charge is 0.399 e. The molecule has 4 aromatic rings. The van der Waals surface area contributed by atoms with Crippen molar-refractivity contribution in [1.82, 2.24) is 9.78 Å². The van der Waals surface area contributed by atoms with Crippen LogP contribution >= 0.6 is 0 Å². The van der Waals surface area contributed by atoms with Gasteiger partial charge in [0.2, 0.25) is 10.0 Å². The summed E-state index contributed by atoms with van der Waals surface area (Å²) in [6.45, 7) is 0. The van der Waals surface area contributed by atoms with Crippen molar-refractivity contribution in [3.63, 3.8) is 0 Å².